The van der Waals surface area contributed by atoms with E-state index in [1.54, 1.807) is 6.08 Å². The number of rotatable bonds is 2. The molecule has 76 valence electrons. The van der Waals surface area contributed by atoms with Gasteiger partial charge in [0.25, 0.3) is 0 Å². The highest BCUT2D eigenvalue weighted by Crippen LogP contribution is 2.20. The van der Waals surface area contributed by atoms with Gasteiger partial charge in [0.15, 0.2) is 0 Å². The van der Waals surface area contributed by atoms with Gasteiger partial charge >= 0.3 is 0 Å². The molecule has 1 heteroatoms. The largest absolute Gasteiger partial charge is 0.261 e. The zero-order valence-electron chi connectivity index (χ0n) is 9.41. The van der Waals surface area contributed by atoms with Crippen LogP contribution in [0.1, 0.15) is 23.7 Å². The molecule has 1 rings (SSSR count). The number of pyridine rings is 1. The van der Waals surface area contributed by atoms with Crippen LogP contribution in [-0.2, 0) is 0 Å². The van der Waals surface area contributed by atoms with Gasteiger partial charge in [0.2, 0.25) is 0 Å². The van der Waals surface area contributed by atoms with Crippen molar-refractivity contribution < 1.29 is 0 Å². The molecule has 1 heterocycles. The van der Waals surface area contributed by atoms with Crippen molar-refractivity contribution in [2.75, 3.05) is 0 Å². The normalized spacial score (nSPS) is 11.7. The number of nitrogens with zero attached hydrogens (tertiary/aromatic N) is 1. The van der Waals surface area contributed by atoms with E-state index in [4.69, 9.17) is 6.42 Å². The van der Waals surface area contributed by atoms with Gasteiger partial charge < -0.3 is 0 Å². The lowest BCUT2D eigenvalue weighted by Crippen LogP contribution is -1.92. The molecule has 0 saturated heterocycles. The first-order valence-corrected chi connectivity index (χ1v) is 4.92. The fraction of sp³-hybridized carbons (Fsp3) is 0.214. The molecule has 0 N–H and O–H groups in total. The summed E-state index contributed by atoms with van der Waals surface area (Å²) in [5.41, 5.74) is 4.43. The number of terminal acetylenes is 1. The van der Waals surface area contributed by atoms with Crippen LogP contribution in [-0.4, -0.2) is 4.98 Å². The van der Waals surface area contributed by atoms with Gasteiger partial charge in [-0.15, -0.1) is 6.42 Å². The van der Waals surface area contributed by atoms with Crippen molar-refractivity contribution in [3.8, 4) is 12.3 Å². The molecule has 0 spiro atoms. The summed E-state index contributed by atoms with van der Waals surface area (Å²) in [6, 6.07) is 1.99. The summed E-state index contributed by atoms with van der Waals surface area (Å²) in [5, 5.41) is 0. The van der Waals surface area contributed by atoms with Crippen LogP contribution in [0.4, 0.5) is 0 Å². The Labute approximate surface area is 91.6 Å². The van der Waals surface area contributed by atoms with Crippen LogP contribution in [0.2, 0.25) is 0 Å². The molecular weight excluding hydrogens is 182 g/mol. The van der Waals surface area contributed by atoms with Crippen molar-refractivity contribution in [3.05, 3.63) is 47.3 Å². The van der Waals surface area contributed by atoms with E-state index in [1.807, 2.05) is 38.3 Å². The minimum atomic E-state index is 1.04. The van der Waals surface area contributed by atoms with Gasteiger partial charge in [-0.3, -0.25) is 4.98 Å². The Morgan fingerprint density at radius 2 is 2.20 bits per heavy atom. The average Bonchev–Trinajstić information content (AvgIpc) is 2.22. The smallest absolute Gasteiger partial charge is 0.0407 e. The van der Waals surface area contributed by atoms with E-state index in [0.29, 0.717) is 0 Å². The van der Waals surface area contributed by atoms with Crippen molar-refractivity contribution in [3.63, 3.8) is 0 Å². The summed E-state index contributed by atoms with van der Waals surface area (Å²) in [7, 11) is 0. The van der Waals surface area contributed by atoms with Crippen LogP contribution >= 0.6 is 0 Å². The first-order valence-electron chi connectivity index (χ1n) is 4.92. The van der Waals surface area contributed by atoms with Gasteiger partial charge in [0, 0.05) is 11.9 Å². The maximum Gasteiger partial charge on any atom is 0.0407 e. The van der Waals surface area contributed by atoms with E-state index in [9.17, 15) is 0 Å². The Balaban J connectivity index is 3.31. The van der Waals surface area contributed by atoms with Gasteiger partial charge in [-0.05, 0) is 49.6 Å². The molecule has 1 aromatic heterocycles. The minimum absolute atomic E-state index is 1.04. The molecule has 0 fully saturated rings. The van der Waals surface area contributed by atoms with E-state index < -0.39 is 0 Å². The number of hydrogen-bond acceptors (Lipinski definition) is 1. The SMILES string of the molecule is C#C/C=C(\C=C/C)c1ccnc(C)c1C. The van der Waals surface area contributed by atoms with Crippen LogP contribution in [0.15, 0.2) is 30.5 Å². The predicted molar refractivity (Wildman–Crippen MR) is 65.3 cm³/mol. The number of aromatic nitrogens is 1. The van der Waals surface area contributed by atoms with E-state index in [1.165, 1.54) is 5.56 Å². The molecule has 0 atom stereocenters. The number of hydrogen-bond donors (Lipinski definition) is 0. The lowest BCUT2D eigenvalue weighted by Gasteiger charge is -2.07. The molecular formula is C14H15N. The highest BCUT2D eigenvalue weighted by atomic mass is 14.7. The lowest BCUT2D eigenvalue weighted by molar-refractivity contribution is 1.14. The van der Waals surface area contributed by atoms with Crippen LogP contribution in [0.25, 0.3) is 5.57 Å². The second-order valence-corrected chi connectivity index (χ2v) is 3.34. The Hall–Kier alpha value is -1.81. The third-order valence-electron chi connectivity index (χ3n) is 2.35. The van der Waals surface area contributed by atoms with Crippen molar-refractivity contribution in [1.82, 2.24) is 4.98 Å². The molecule has 0 unspecified atom stereocenters. The summed E-state index contributed by atoms with van der Waals surface area (Å²) < 4.78 is 0. The van der Waals surface area contributed by atoms with Gasteiger partial charge in [0.05, 0.1) is 0 Å². The summed E-state index contributed by atoms with van der Waals surface area (Å²) in [5.74, 6) is 2.56. The molecule has 0 saturated carbocycles. The van der Waals surface area contributed by atoms with Crippen molar-refractivity contribution in [1.29, 1.82) is 0 Å². The molecule has 0 aromatic carbocycles. The second-order valence-electron chi connectivity index (χ2n) is 3.34. The topological polar surface area (TPSA) is 12.9 Å². The zero-order chi connectivity index (χ0) is 11.3. The first-order chi connectivity index (χ1) is 7.20. The predicted octanol–water partition coefficient (Wildman–Crippen LogP) is 3.29. The molecule has 0 aliphatic heterocycles. The molecule has 0 aliphatic rings. The van der Waals surface area contributed by atoms with E-state index in [-0.39, 0.29) is 0 Å². The van der Waals surface area contributed by atoms with Crippen LogP contribution in [0.3, 0.4) is 0 Å². The van der Waals surface area contributed by atoms with Gasteiger partial charge in [-0.2, -0.15) is 0 Å². The summed E-state index contributed by atoms with van der Waals surface area (Å²) in [6.45, 7) is 6.04. The fourth-order valence-electron chi connectivity index (χ4n) is 1.44. The maximum absolute atomic E-state index is 5.31. The van der Waals surface area contributed by atoms with E-state index >= 15 is 0 Å². The van der Waals surface area contributed by atoms with Crippen molar-refractivity contribution in [2.24, 2.45) is 0 Å². The monoisotopic (exact) mass is 197 g/mol. The van der Waals surface area contributed by atoms with Crippen LogP contribution in [0.5, 0.6) is 0 Å². The highest BCUT2D eigenvalue weighted by Gasteiger charge is 2.03. The Kier molecular flexibility index (Phi) is 3.88. The molecule has 0 aliphatic carbocycles. The number of aryl methyl sites for hydroxylation is 1. The quantitative estimate of drug-likeness (QED) is 0.523. The molecule has 0 bridgehead atoms. The van der Waals surface area contributed by atoms with Gasteiger partial charge in [0.1, 0.15) is 0 Å². The van der Waals surface area contributed by atoms with Crippen LogP contribution in [0, 0.1) is 26.2 Å². The highest BCUT2D eigenvalue weighted by molar-refractivity contribution is 5.77. The third-order valence-corrected chi connectivity index (χ3v) is 2.35. The third kappa shape index (κ3) is 2.57. The molecule has 0 radical (unpaired) electrons. The number of allylic oxidation sites excluding steroid dienone is 4. The Morgan fingerprint density at radius 1 is 1.47 bits per heavy atom. The summed E-state index contributed by atoms with van der Waals surface area (Å²) in [4.78, 5) is 4.24. The van der Waals surface area contributed by atoms with E-state index in [2.05, 4.69) is 17.8 Å². The fourth-order valence-corrected chi connectivity index (χ4v) is 1.44. The van der Waals surface area contributed by atoms with Gasteiger partial charge in [-0.1, -0.05) is 18.1 Å². The molecule has 1 nitrogen and oxygen atoms in total. The Morgan fingerprint density at radius 3 is 2.80 bits per heavy atom. The summed E-state index contributed by atoms with van der Waals surface area (Å²) in [6.07, 6.45) is 12.9. The molecule has 1 aromatic rings. The van der Waals surface area contributed by atoms with Crippen molar-refractivity contribution >= 4 is 5.57 Å². The molecule has 15 heavy (non-hydrogen) atoms. The molecule has 0 amide bonds. The van der Waals surface area contributed by atoms with E-state index in [0.717, 1.165) is 16.8 Å². The Bertz CT molecular complexity index is 445. The van der Waals surface area contributed by atoms with Crippen molar-refractivity contribution in [2.45, 2.75) is 20.8 Å². The second kappa shape index (κ2) is 5.17. The zero-order valence-corrected chi connectivity index (χ0v) is 9.41. The van der Waals surface area contributed by atoms with Crippen LogP contribution < -0.4 is 0 Å². The lowest BCUT2D eigenvalue weighted by atomic mass is 10.00. The maximum atomic E-state index is 5.31. The summed E-state index contributed by atoms with van der Waals surface area (Å²) >= 11 is 0. The average molecular weight is 197 g/mol. The standard InChI is InChI=1S/C14H15N/c1-5-7-13(8-6-2)14-9-10-15-12(4)11(14)3/h1,6-10H,2-4H3/b8-6-,13-7+. The minimum Gasteiger partial charge on any atom is -0.261 e. The van der Waals surface area contributed by atoms with Gasteiger partial charge in [-0.25, -0.2) is 0 Å². The first kappa shape index (κ1) is 11.3.